The molecule has 0 saturated carbocycles. The number of aromatic nitrogens is 1. The third-order valence-corrected chi connectivity index (χ3v) is 6.48. The molecule has 0 unspecified atom stereocenters. The van der Waals surface area contributed by atoms with Gasteiger partial charge in [0.05, 0.1) is 12.0 Å². The van der Waals surface area contributed by atoms with E-state index in [1.165, 1.54) is 25.3 Å². The van der Waals surface area contributed by atoms with Crippen molar-refractivity contribution >= 4 is 27.5 Å². The van der Waals surface area contributed by atoms with E-state index in [0.717, 1.165) is 11.1 Å². The van der Waals surface area contributed by atoms with Crippen molar-refractivity contribution in [2.24, 2.45) is 0 Å². The van der Waals surface area contributed by atoms with Crippen LogP contribution in [-0.4, -0.2) is 26.4 Å². The average Bonchev–Trinajstić information content (AvgIpc) is 2.78. The summed E-state index contributed by atoms with van der Waals surface area (Å²) in [6, 6.07) is 14.8. The number of benzene rings is 2. The van der Waals surface area contributed by atoms with E-state index in [0.29, 0.717) is 11.4 Å². The molecule has 0 atom stereocenters. The predicted molar refractivity (Wildman–Crippen MR) is 121 cm³/mol. The Bertz CT molecular complexity index is 1190. The summed E-state index contributed by atoms with van der Waals surface area (Å²) in [5, 5.41) is 2.71. The Balaban J connectivity index is 1.80. The van der Waals surface area contributed by atoms with Crippen LogP contribution in [0.4, 0.5) is 5.69 Å². The Morgan fingerprint density at radius 1 is 1.10 bits per heavy atom. The van der Waals surface area contributed by atoms with Crippen molar-refractivity contribution in [2.75, 3.05) is 12.4 Å². The van der Waals surface area contributed by atoms with Crippen LogP contribution in [0.2, 0.25) is 0 Å². The minimum atomic E-state index is -3.79. The molecule has 0 spiro atoms. The van der Waals surface area contributed by atoms with E-state index in [-0.39, 0.29) is 21.6 Å². The van der Waals surface area contributed by atoms with Crippen molar-refractivity contribution in [2.45, 2.75) is 29.6 Å². The summed E-state index contributed by atoms with van der Waals surface area (Å²) in [5.74, 6) is 0.144. The number of sulfone groups is 1. The molecule has 2 aromatic carbocycles. The SMILES string of the molecule is COc1ccc(C(C)C)cc1S(=O)(=O)c1ccc(NC(=O)/C=C/c2cccnc2)cc1. The van der Waals surface area contributed by atoms with E-state index in [9.17, 15) is 13.2 Å². The maximum absolute atomic E-state index is 13.2. The largest absolute Gasteiger partial charge is 0.495 e. The van der Waals surface area contributed by atoms with Gasteiger partial charge in [-0.1, -0.05) is 26.0 Å². The van der Waals surface area contributed by atoms with Crippen molar-refractivity contribution in [1.82, 2.24) is 4.98 Å². The van der Waals surface area contributed by atoms with Crippen molar-refractivity contribution in [3.8, 4) is 5.75 Å². The molecule has 1 amide bonds. The number of hydrogen-bond acceptors (Lipinski definition) is 5. The van der Waals surface area contributed by atoms with Gasteiger partial charge in [0.15, 0.2) is 0 Å². The Hall–Kier alpha value is -3.45. The number of hydrogen-bond donors (Lipinski definition) is 1. The van der Waals surface area contributed by atoms with E-state index in [2.05, 4.69) is 10.3 Å². The number of carbonyl (C=O) groups excluding carboxylic acids is 1. The third kappa shape index (κ3) is 5.38. The summed E-state index contributed by atoms with van der Waals surface area (Å²) in [7, 11) is -2.34. The molecular formula is C24H24N2O4S. The van der Waals surface area contributed by atoms with E-state index < -0.39 is 9.84 Å². The summed E-state index contributed by atoms with van der Waals surface area (Å²) in [6.45, 7) is 4.00. The van der Waals surface area contributed by atoms with Gasteiger partial charge in [-0.25, -0.2) is 8.42 Å². The molecule has 1 aromatic heterocycles. The lowest BCUT2D eigenvalue weighted by Gasteiger charge is -2.13. The highest BCUT2D eigenvalue weighted by Gasteiger charge is 2.23. The summed E-state index contributed by atoms with van der Waals surface area (Å²) in [6.07, 6.45) is 6.34. The first-order valence-corrected chi connectivity index (χ1v) is 11.2. The van der Waals surface area contributed by atoms with Crippen LogP contribution in [0.3, 0.4) is 0 Å². The van der Waals surface area contributed by atoms with Crippen LogP contribution >= 0.6 is 0 Å². The van der Waals surface area contributed by atoms with Gasteiger partial charge in [-0.2, -0.15) is 0 Å². The Morgan fingerprint density at radius 2 is 1.84 bits per heavy atom. The summed E-state index contributed by atoms with van der Waals surface area (Å²) in [4.78, 5) is 16.3. The van der Waals surface area contributed by atoms with Crippen LogP contribution in [-0.2, 0) is 14.6 Å². The fourth-order valence-electron chi connectivity index (χ4n) is 2.94. The van der Waals surface area contributed by atoms with Crippen molar-refractivity contribution < 1.29 is 17.9 Å². The summed E-state index contributed by atoms with van der Waals surface area (Å²) >= 11 is 0. The second-order valence-corrected chi connectivity index (χ2v) is 9.12. The molecule has 1 N–H and O–H groups in total. The molecule has 0 aliphatic rings. The maximum atomic E-state index is 13.2. The predicted octanol–water partition coefficient (Wildman–Crippen LogP) is 4.70. The number of rotatable bonds is 7. The first kappa shape index (κ1) is 22.2. The van der Waals surface area contributed by atoms with Gasteiger partial charge in [0.1, 0.15) is 10.6 Å². The molecule has 7 heteroatoms. The van der Waals surface area contributed by atoms with Gasteiger partial charge in [0.25, 0.3) is 0 Å². The minimum absolute atomic E-state index is 0.121. The highest BCUT2D eigenvalue weighted by Crippen LogP contribution is 2.32. The van der Waals surface area contributed by atoms with Gasteiger partial charge in [-0.15, -0.1) is 0 Å². The van der Waals surface area contributed by atoms with Crippen molar-refractivity contribution in [3.05, 3.63) is 84.2 Å². The van der Waals surface area contributed by atoms with Crippen molar-refractivity contribution in [1.29, 1.82) is 0 Å². The molecule has 0 radical (unpaired) electrons. The first-order chi connectivity index (χ1) is 14.8. The number of ether oxygens (including phenoxy) is 1. The van der Waals surface area contributed by atoms with Gasteiger partial charge in [0, 0.05) is 24.2 Å². The van der Waals surface area contributed by atoms with Crippen LogP contribution in [0.1, 0.15) is 30.9 Å². The standard InChI is InChI=1S/C24H24N2O4S/c1-17(2)19-7-12-22(30-3)23(15-19)31(28,29)21-10-8-20(9-11-21)26-24(27)13-6-18-5-4-14-25-16-18/h4-17H,1-3H3,(H,26,27)/b13-6+. The Labute approximate surface area is 182 Å². The smallest absolute Gasteiger partial charge is 0.248 e. The summed E-state index contributed by atoms with van der Waals surface area (Å²) < 4.78 is 31.7. The fourth-order valence-corrected chi connectivity index (χ4v) is 4.39. The first-order valence-electron chi connectivity index (χ1n) is 9.73. The number of amides is 1. The highest BCUT2D eigenvalue weighted by atomic mass is 32.2. The van der Waals surface area contributed by atoms with Gasteiger partial charge < -0.3 is 10.1 Å². The lowest BCUT2D eigenvalue weighted by Crippen LogP contribution is -2.09. The molecule has 0 saturated heterocycles. The molecule has 0 aliphatic carbocycles. The fraction of sp³-hybridized carbons (Fsp3) is 0.167. The average molecular weight is 437 g/mol. The topological polar surface area (TPSA) is 85.4 Å². The minimum Gasteiger partial charge on any atom is -0.495 e. The number of nitrogens with zero attached hydrogens (tertiary/aromatic N) is 1. The number of pyridine rings is 1. The molecule has 3 aromatic rings. The lowest BCUT2D eigenvalue weighted by atomic mass is 10.0. The molecule has 0 fully saturated rings. The molecular weight excluding hydrogens is 412 g/mol. The molecule has 1 heterocycles. The van der Waals surface area contributed by atoms with Gasteiger partial charge in [0.2, 0.25) is 15.7 Å². The Morgan fingerprint density at radius 3 is 2.45 bits per heavy atom. The van der Waals surface area contributed by atoms with E-state index in [1.54, 1.807) is 48.8 Å². The number of carbonyl (C=O) groups is 1. The van der Waals surface area contributed by atoms with Crippen LogP contribution in [0.15, 0.2) is 82.9 Å². The van der Waals surface area contributed by atoms with Gasteiger partial charge >= 0.3 is 0 Å². The number of methoxy groups -OCH3 is 1. The third-order valence-electron chi connectivity index (χ3n) is 4.69. The zero-order valence-electron chi connectivity index (χ0n) is 17.6. The number of anilines is 1. The van der Waals surface area contributed by atoms with Gasteiger partial charge in [-0.05, 0) is 65.6 Å². The van der Waals surface area contributed by atoms with E-state index >= 15 is 0 Å². The maximum Gasteiger partial charge on any atom is 0.248 e. The molecule has 6 nitrogen and oxygen atoms in total. The molecule has 160 valence electrons. The van der Waals surface area contributed by atoms with Gasteiger partial charge in [-0.3, -0.25) is 9.78 Å². The summed E-state index contributed by atoms with van der Waals surface area (Å²) in [5.41, 5.74) is 2.20. The highest BCUT2D eigenvalue weighted by molar-refractivity contribution is 7.91. The number of nitrogens with one attached hydrogen (secondary N) is 1. The lowest BCUT2D eigenvalue weighted by molar-refractivity contribution is -0.111. The second-order valence-electron chi connectivity index (χ2n) is 7.20. The monoisotopic (exact) mass is 436 g/mol. The quantitative estimate of drug-likeness (QED) is 0.543. The second kappa shape index (κ2) is 9.57. The van der Waals surface area contributed by atoms with Crippen LogP contribution < -0.4 is 10.1 Å². The molecule has 0 aliphatic heterocycles. The zero-order chi connectivity index (χ0) is 22.4. The van der Waals surface area contributed by atoms with Crippen molar-refractivity contribution in [3.63, 3.8) is 0 Å². The van der Waals surface area contributed by atoms with Crippen LogP contribution in [0, 0.1) is 0 Å². The Kier molecular flexibility index (Phi) is 6.87. The molecule has 0 bridgehead atoms. The zero-order valence-corrected chi connectivity index (χ0v) is 18.4. The van der Waals surface area contributed by atoms with Crippen LogP contribution in [0.5, 0.6) is 5.75 Å². The van der Waals surface area contributed by atoms with Crippen LogP contribution in [0.25, 0.3) is 6.08 Å². The normalized spacial score (nSPS) is 11.6. The van der Waals surface area contributed by atoms with E-state index in [1.807, 2.05) is 26.0 Å². The van der Waals surface area contributed by atoms with E-state index in [4.69, 9.17) is 4.74 Å². The molecule has 31 heavy (non-hydrogen) atoms. The molecule has 3 rings (SSSR count).